The molecule has 2 aliphatic rings. The summed E-state index contributed by atoms with van der Waals surface area (Å²) in [6.45, 7) is 10.2. The van der Waals surface area contributed by atoms with E-state index < -0.39 is 0 Å². The Balaban J connectivity index is 1.78. The number of dihydropyridines is 1. The highest BCUT2D eigenvalue weighted by atomic mass is 14.8. The van der Waals surface area contributed by atoms with Crippen LogP contribution in [0.1, 0.15) is 76.8 Å². The molecule has 2 atom stereocenters. The zero-order valence-electron chi connectivity index (χ0n) is 15.9. The second-order valence-electron chi connectivity index (χ2n) is 8.31. The van der Waals surface area contributed by atoms with Gasteiger partial charge in [-0.25, -0.2) is 0 Å². The summed E-state index contributed by atoms with van der Waals surface area (Å²) < 4.78 is 0. The Bertz CT molecular complexity index is 603. The van der Waals surface area contributed by atoms with Crippen molar-refractivity contribution in [3.05, 3.63) is 47.0 Å². The fraction of sp³-hybridized carbons (Fsp3) is 0.609. The summed E-state index contributed by atoms with van der Waals surface area (Å²) in [5.74, 6) is 2.89. The summed E-state index contributed by atoms with van der Waals surface area (Å²) in [5, 5.41) is 0. The predicted octanol–water partition coefficient (Wildman–Crippen LogP) is 6.39. The number of nitrogens with zero attached hydrogens (tertiary/aromatic N) is 1. The maximum Gasteiger partial charge on any atom is 0.0576 e. The summed E-state index contributed by atoms with van der Waals surface area (Å²) in [6, 6.07) is 9.18. The van der Waals surface area contributed by atoms with Gasteiger partial charge in [-0.1, -0.05) is 76.5 Å². The molecule has 1 aromatic rings. The van der Waals surface area contributed by atoms with Crippen molar-refractivity contribution >= 4 is 5.71 Å². The highest BCUT2D eigenvalue weighted by molar-refractivity contribution is 6.04. The smallest absolute Gasteiger partial charge is 0.0576 e. The summed E-state index contributed by atoms with van der Waals surface area (Å²) in [7, 11) is 0. The Morgan fingerprint density at radius 2 is 1.71 bits per heavy atom. The van der Waals surface area contributed by atoms with E-state index in [1.807, 2.05) is 0 Å². The third-order valence-electron chi connectivity index (χ3n) is 6.08. The van der Waals surface area contributed by atoms with Crippen molar-refractivity contribution in [2.45, 2.75) is 65.7 Å². The monoisotopic (exact) mass is 323 g/mol. The average molecular weight is 324 g/mol. The molecule has 0 spiro atoms. The van der Waals surface area contributed by atoms with Gasteiger partial charge in [0.05, 0.1) is 6.54 Å². The molecule has 0 amide bonds. The lowest BCUT2D eigenvalue weighted by atomic mass is 9.75. The average Bonchev–Trinajstić information content (AvgIpc) is 2.55. The van der Waals surface area contributed by atoms with Crippen molar-refractivity contribution in [2.75, 3.05) is 6.54 Å². The Kier molecular flexibility index (Phi) is 5.58. The van der Waals surface area contributed by atoms with Crippen LogP contribution in [0.25, 0.3) is 0 Å². The minimum absolute atomic E-state index is 0.566. The molecule has 0 N–H and O–H groups in total. The van der Waals surface area contributed by atoms with Gasteiger partial charge in [0.15, 0.2) is 0 Å². The Morgan fingerprint density at radius 3 is 2.38 bits per heavy atom. The van der Waals surface area contributed by atoms with E-state index in [1.165, 1.54) is 48.9 Å². The van der Waals surface area contributed by atoms with Crippen molar-refractivity contribution in [3.63, 3.8) is 0 Å². The second kappa shape index (κ2) is 7.68. The molecule has 0 radical (unpaired) electrons. The van der Waals surface area contributed by atoms with Gasteiger partial charge in [0.25, 0.3) is 0 Å². The molecule has 1 heteroatoms. The molecule has 1 nitrogen and oxygen atoms in total. The number of benzene rings is 1. The highest BCUT2D eigenvalue weighted by Crippen LogP contribution is 2.36. The van der Waals surface area contributed by atoms with Crippen molar-refractivity contribution in [3.8, 4) is 0 Å². The molecule has 0 saturated heterocycles. The zero-order valence-corrected chi connectivity index (χ0v) is 15.9. The van der Waals surface area contributed by atoms with Crippen LogP contribution in [0.4, 0.5) is 0 Å². The zero-order chi connectivity index (χ0) is 17.1. The lowest BCUT2D eigenvalue weighted by molar-refractivity contribution is 0.308. The van der Waals surface area contributed by atoms with E-state index in [0.29, 0.717) is 11.8 Å². The predicted molar refractivity (Wildman–Crippen MR) is 105 cm³/mol. The van der Waals surface area contributed by atoms with Crippen LogP contribution in [-0.4, -0.2) is 12.3 Å². The normalized spacial score (nSPS) is 24.9. The van der Waals surface area contributed by atoms with Crippen LogP contribution in [0.2, 0.25) is 0 Å². The van der Waals surface area contributed by atoms with E-state index in [0.717, 1.165) is 18.4 Å². The first-order chi connectivity index (χ1) is 11.6. The van der Waals surface area contributed by atoms with Gasteiger partial charge >= 0.3 is 0 Å². The minimum atomic E-state index is 0.566. The molecular weight excluding hydrogens is 290 g/mol. The fourth-order valence-corrected chi connectivity index (χ4v) is 4.37. The van der Waals surface area contributed by atoms with E-state index in [4.69, 9.17) is 4.99 Å². The van der Waals surface area contributed by atoms with Crippen molar-refractivity contribution in [1.82, 2.24) is 0 Å². The summed E-state index contributed by atoms with van der Waals surface area (Å²) in [4.78, 5) is 4.93. The molecule has 1 aliphatic heterocycles. The quantitative estimate of drug-likeness (QED) is 0.571. The third-order valence-corrected chi connectivity index (χ3v) is 6.08. The van der Waals surface area contributed by atoms with E-state index in [9.17, 15) is 0 Å². The maximum atomic E-state index is 4.93. The lowest BCUT2D eigenvalue weighted by Crippen LogP contribution is -2.25. The van der Waals surface area contributed by atoms with Gasteiger partial charge in [-0.15, -0.1) is 0 Å². The molecule has 0 aromatic heterocycles. The molecule has 1 fully saturated rings. The van der Waals surface area contributed by atoms with Gasteiger partial charge in [-0.2, -0.15) is 0 Å². The number of aliphatic imine (C=N–C) groups is 1. The minimum Gasteiger partial charge on any atom is -0.284 e. The standard InChI is InChI=1S/C23H33N/c1-16(2)18-6-5-7-22-20(11-8-18)14-15-24-23(22)21-12-9-19(10-13-21)17(3)4/h9-10,12-14,16-18,22H,5-8,11,15H2,1-4H3. The van der Waals surface area contributed by atoms with Crippen LogP contribution in [-0.2, 0) is 0 Å². The fourth-order valence-electron chi connectivity index (χ4n) is 4.37. The van der Waals surface area contributed by atoms with Gasteiger partial charge in [-0.3, -0.25) is 4.99 Å². The van der Waals surface area contributed by atoms with Gasteiger partial charge in [0.1, 0.15) is 0 Å². The number of hydrogen-bond donors (Lipinski definition) is 0. The number of hydrogen-bond acceptors (Lipinski definition) is 1. The van der Waals surface area contributed by atoms with Gasteiger partial charge in [0, 0.05) is 11.6 Å². The van der Waals surface area contributed by atoms with Crippen molar-refractivity contribution < 1.29 is 0 Å². The third kappa shape index (κ3) is 3.82. The van der Waals surface area contributed by atoms with Crippen LogP contribution < -0.4 is 0 Å². The number of allylic oxidation sites excluding steroid dienone is 1. The van der Waals surface area contributed by atoms with Crippen LogP contribution in [0.15, 0.2) is 40.9 Å². The molecule has 130 valence electrons. The van der Waals surface area contributed by atoms with E-state index in [-0.39, 0.29) is 0 Å². The Labute approximate surface area is 148 Å². The molecule has 1 saturated carbocycles. The molecule has 2 unspecified atom stereocenters. The lowest BCUT2D eigenvalue weighted by Gasteiger charge is -2.32. The molecular formula is C23H33N. The molecule has 3 rings (SSSR count). The van der Waals surface area contributed by atoms with E-state index in [1.54, 1.807) is 5.57 Å². The van der Waals surface area contributed by atoms with E-state index in [2.05, 4.69) is 58.0 Å². The SMILES string of the molecule is CC(C)c1ccc(C2=NCC=C3CCC(C(C)C)CCCC32)cc1. The summed E-state index contributed by atoms with van der Waals surface area (Å²) >= 11 is 0. The summed E-state index contributed by atoms with van der Waals surface area (Å²) in [5.41, 5.74) is 5.78. The molecule has 1 heterocycles. The van der Waals surface area contributed by atoms with Crippen LogP contribution in [0.5, 0.6) is 0 Å². The Hall–Kier alpha value is -1.37. The topological polar surface area (TPSA) is 12.4 Å². The van der Waals surface area contributed by atoms with Crippen LogP contribution in [0, 0.1) is 17.8 Å². The molecule has 24 heavy (non-hydrogen) atoms. The molecule has 0 bridgehead atoms. The summed E-state index contributed by atoms with van der Waals surface area (Å²) in [6.07, 6.45) is 9.06. The Morgan fingerprint density at radius 1 is 0.958 bits per heavy atom. The second-order valence-corrected chi connectivity index (χ2v) is 8.31. The van der Waals surface area contributed by atoms with Gasteiger partial charge in [-0.05, 0) is 48.1 Å². The number of fused-ring (bicyclic) bond motifs is 1. The van der Waals surface area contributed by atoms with Crippen LogP contribution >= 0.6 is 0 Å². The first-order valence-corrected chi connectivity index (χ1v) is 9.90. The largest absolute Gasteiger partial charge is 0.284 e. The molecule has 1 aliphatic carbocycles. The number of rotatable bonds is 3. The van der Waals surface area contributed by atoms with Gasteiger partial charge in [0.2, 0.25) is 0 Å². The molecule has 1 aromatic carbocycles. The first-order valence-electron chi connectivity index (χ1n) is 9.90. The van der Waals surface area contributed by atoms with Crippen molar-refractivity contribution in [1.29, 1.82) is 0 Å². The maximum absolute atomic E-state index is 4.93. The van der Waals surface area contributed by atoms with Crippen LogP contribution in [0.3, 0.4) is 0 Å². The van der Waals surface area contributed by atoms with E-state index >= 15 is 0 Å². The van der Waals surface area contributed by atoms with Gasteiger partial charge < -0.3 is 0 Å². The first kappa shape index (κ1) is 17.5. The van der Waals surface area contributed by atoms with Crippen molar-refractivity contribution in [2.24, 2.45) is 22.7 Å². The highest BCUT2D eigenvalue weighted by Gasteiger charge is 2.27.